The van der Waals surface area contributed by atoms with Crippen LogP contribution < -0.4 is 0 Å². The van der Waals surface area contributed by atoms with E-state index in [1.54, 1.807) is 0 Å². The van der Waals surface area contributed by atoms with E-state index in [0.29, 0.717) is 10.2 Å². The molecule has 0 N–H and O–H groups in total. The van der Waals surface area contributed by atoms with Crippen LogP contribution in [0.4, 0.5) is 34.5 Å². The molecule has 48 heavy (non-hydrogen) atoms. The SMILES string of the molecule is CC1CCCC1.CC1CCCC1.CC1CCCC1.CC1CCCC1.F[B-](F)(F)F.F[B-](F)(F)F.[Mo+2].[Mo+2].[Mo+2].[Mo+2].[S-]C[S-].[S-]C[S-].[SH-].[SH-].[SH-].[SH-]. The average Bonchev–Trinajstić information content (AvgIpc) is 3.60. The minimum absolute atomic E-state index is 0. The Morgan fingerprint density at radius 1 is 0.354 bits per heavy atom. The fourth-order valence-electron chi connectivity index (χ4n) is 4.52. The van der Waals surface area contributed by atoms with Gasteiger partial charge in [0.25, 0.3) is 0 Å². The monoisotopic (exact) mass is 1190 g/mol. The summed E-state index contributed by atoms with van der Waals surface area (Å²) in [5.41, 5.74) is 0. The van der Waals surface area contributed by atoms with Crippen LogP contribution in [0.3, 0.4) is 0 Å². The van der Waals surface area contributed by atoms with Crippen LogP contribution in [0.5, 0.6) is 0 Å². The molecule has 0 radical (unpaired) electrons. The van der Waals surface area contributed by atoms with E-state index in [4.69, 9.17) is 0 Å². The molecule has 22 heteroatoms. The predicted octanol–water partition coefficient (Wildman–Crippen LogP) is 10.4. The Morgan fingerprint density at radius 3 is 0.438 bits per heavy atom. The molecule has 0 unspecified atom stereocenters. The molecule has 0 nitrogen and oxygen atoms in total. The van der Waals surface area contributed by atoms with Gasteiger partial charge in [-0.15, -0.1) is 0 Å². The quantitative estimate of drug-likeness (QED) is 0.101. The molecule has 0 bridgehead atoms. The smallest absolute Gasteiger partial charge is 0.818 e. The van der Waals surface area contributed by atoms with E-state index >= 15 is 0 Å². The van der Waals surface area contributed by atoms with Crippen molar-refractivity contribution in [2.45, 2.75) is 130 Å². The summed E-state index contributed by atoms with van der Waals surface area (Å²) in [6, 6.07) is 0. The summed E-state index contributed by atoms with van der Waals surface area (Å²) >= 11 is 16.8. The van der Waals surface area contributed by atoms with E-state index in [0.717, 1.165) is 23.7 Å². The van der Waals surface area contributed by atoms with Gasteiger partial charge in [-0.3, -0.25) is 0 Å². The van der Waals surface area contributed by atoms with E-state index in [9.17, 15) is 34.5 Å². The van der Waals surface area contributed by atoms with Gasteiger partial charge in [-0.25, -0.2) is 0 Å². The topological polar surface area (TPSA) is 0 Å². The molecule has 0 saturated heterocycles. The zero-order chi connectivity index (χ0) is 32.0. The minimum atomic E-state index is -6.00. The molecular formula is C26H56B2F8Mo4S8-2. The van der Waals surface area contributed by atoms with Gasteiger partial charge in [0.2, 0.25) is 0 Å². The normalized spacial score (nSPS) is 16.0. The Labute approximate surface area is 397 Å². The van der Waals surface area contributed by atoms with Crippen molar-refractivity contribution < 1.29 is 119 Å². The zero-order valence-corrected chi connectivity index (χ0v) is 43.1. The second-order valence-corrected chi connectivity index (χ2v) is 12.7. The van der Waals surface area contributed by atoms with Crippen molar-refractivity contribution in [2.75, 3.05) is 10.2 Å². The van der Waals surface area contributed by atoms with Crippen LogP contribution in [0.2, 0.25) is 0 Å². The summed E-state index contributed by atoms with van der Waals surface area (Å²) in [4.78, 5) is 0. The number of hydrogen-bond donors (Lipinski definition) is 0. The van der Waals surface area contributed by atoms with Crippen LogP contribution in [-0.4, -0.2) is 24.7 Å². The van der Waals surface area contributed by atoms with Crippen molar-refractivity contribution in [1.29, 1.82) is 0 Å². The zero-order valence-electron chi connectivity index (χ0n) is 28.3. The molecule has 0 aromatic rings. The van der Waals surface area contributed by atoms with Gasteiger partial charge in [-0.1, -0.05) is 130 Å². The number of hydrogen-bond acceptors (Lipinski definition) is 8. The van der Waals surface area contributed by atoms with E-state index in [1.165, 1.54) is 103 Å². The first-order valence-corrected chi connectivity index (χ1v) is 16.8. The van der Waals surface area contributed by atoms with Crippen molar-refractivity contribution in [1.82, 2.24) is 0 Å². The Hall–Kier alpha value is 5.12. The first-order valence-electron chi connectivity index (χ1n) is 14.5. The molecule has 0 heterocycles. The summed E-state index contributed by atoms with van der Waals surface area (Å²) < 4.78 is 78.0. The maximum absolute atomic E-state index is 9.75. The van der Waals surface area contributed by atoms with Crippen molar-refractivity contribution in [3.05, 3.63) is 0 Å². The van der Waals surface area contributed by atoms with Crippen molar-refractivity contribution in [3.63, 3.8) is 0 Å². The molecule has 0 spiro atoms. The summed E-state index contributed by atoms with van der Waals surface area (Å²) in [7, 11) is -12.0. The third-order valence-electron chi connectivity index (χ3n) is 6.58. The van der Waals surface area contributed by atoms with Gasteiger partial charge in [-0.2, -0.15) is 0 Å². The fraction of sp³-hybridized carbons (Fsp3) is 1.00. The van der Waals surface area contributed by atoms with Crippen LogP contribution in [0.25, 0.3) is 0 Å². The van der Waals surface area contributed by atoms with E-state index in [1.807, 2.05) is 0 Å². The third-order valence-corrected chi connectivity index (χ3v) is 6.58. The number of rotatable bonds is 0. The largest absolute Gasteiger partial charge is 2.00 e. The summed E-state index contributed by atoms with van der Waals surface area (Å²) in [6.07, 6.45) is 23.8. The summed E-state index contributed by atoms with van der Waals surface area (Å²) in [5, 5.41) is 0.833. The maximum Gasteiger partial charge on any atom is 2.00 e. The number of halogens is 8. The van der Waals surface area contributed by atoms with Gasteiger partial charge < -0.3 is 149 Å². The van der Waals surface area contributed by atoms with Crippen LogP contribution in [-0.2, 0) is 189 Å². The Bertz CT molecular complexity index is 416. The van der Waals surface area contributed by atoms with Gasteiger partial charge in [0.05, 0.1) is 0 Å². The molecule has 4 saturated carbocycles. The van der Waals surface area contributed by atoms with E-state index in [-0.39, 0.29) is 138 Å². The molecule has 4 aliphatic carbocycles. The molecule has 4 aliphatic rings. The Kier molecular flexibility index (Phi) is 109. The van der Waals surface area contributed by atoms with Gasteiger partial charge in [-0.05, 0) is 23.7 Å². The first-order chi connectivity index (χ1) is 18.4. The molecular weight excluding hydrogens is 1130 g/mol. The van der Waals surface area contributed by atoms with Crippen molar-refractivity contribution >= 4 is 119 Å². The van der Waals surface area contributed by atoms with Gasteiger partial charge in [0.1, 0.15) is 0 Å². The Morgan fingerprint density at radius 2 is 0.417 bits per heavy atom. The molecule has 0 aliphatic heterocycles. The van der Waals surface area contributed by atoms with Crippen LogP contribution in [0.1, 0.15) is 130 Å². The molecule has 296 valence electrons. The van der Waals surface area contributed by atoms with Crippen molar-refractivity contribution in [2.24, 2.45) is 23.7 Å². The van der Waals surface area contributed by atoms with Crippen molar-refractivity contribution in [3.8, 4) is 0 Å². The third kappa shape index (κ3) is 117. The van der Waals surface area contributed by atoms with E-state index < -0.39 is 14.5 Å². The maximum atomic E-state index is 9.75. The van der Waals surface area contributed by atoms with Crippen LogP contribution >= 0.6 is 0 Å². The number of thiol groups is 4. The van der Waals surface area contributed by atoms with Crippen LogP contribution in [0, 0.1) is 23.7 Å². The van der Waals surface area contributed by atoms with E-state index in [2.05, 4.69) is 78.2 Å². The molecule has 4 fully saturated rings. The summed E-state index contributed by atoms with van der Waals surface area (Å²) in [6.45, 7) is 9.36. The molecule has 0 aromatic carbocycles. The molecule has 0 amide bonds. The molecule has 4 rings (SSSR count). The standard InChI is InChI=1S/4C6H12.2CH4S2.2BF4.4Mo.4H2S/c4*1-6-4-2-3-5-6;2*2-1-3;2*2-1(3,4)5;;;;;;;;/h4*6H,2-5H2,1H3;2*2-3H,1H2;;;;;;;4*1H2/q;;;;;;2*-1;4*+2;;;;/p-8. The van der Waals surface area contributed by atoms with Gasteiger partial charge >= 0.3 is 98.8 Å². The first kappa shape index (κ1) is 85.3. The second kappa shape index (κ2) is 61.3. The summed E-state index contributed by atoms with van der Waals surface area (Å²) in [5.74, 6) is 4.19. The van der Waals surface area contributed by atoms with Gasteiger partial charge in [0, 0.05) is 0 Å². The fourth-order valence-corrected chi connectivity index (χ4v) is 4.52. The Balaban J connectivity index is -0.0000000305. The average molecular weight is 1180 g/mol. The predicted molar refractivity (Wildman–Crippen MR) is 205 cm³/mol. The minimum Gasteiger partial charge on any atom is -0.818 e. The molecule has 0 atom stereocenters. The molecule has 0 aromatic heterocycles. The van der Waals surface area contributed by atoms with Crippen LogP contribution in [0.15, 0.2) is 0 Å². The second-order valence-electron chi connectivity index (χ2n) is 10.8. The van der Waals surface area contributed by atoms with Gasteiger partial charge in [0.15, 0.2) is 0 Å².